The smallest absolute Gasteiger partial charge is 0.143 e. The standard InChI is InChI=1S/C46H28O2/c1-5-13-29(14-6-1)33-21-37(31-17-9-3-10-18-31)45-41(25-33)39-23-35-24-40-42-26-34(30-15-7-2-8-16-30)22-38(32-19-11-4-12-20-32)46(42)48-44(40)28-36(35)27-43(39)47-45/h1-28H. The highest BCUT2D eigenvalue weighted by atomic mass is 16.3. The fourth-order valence-corrected chi connectivity index (χ4v) is 7.25. The third-order valence-corrected chi connectivity index (χ3v) is 9.60. The summed E-state index contributed by atoms with van der Waals surface area (Å²) in [6, 6.07) is 60.2. The van der Waals surface area contributed by atoms with Crippen molar-refractivity contribution < 1.29 is 8.83 Å². The minimum Gasteiger partial charge on any atom is -0.455 e. The van der Waals surface area contributed by atoms with Crippen LogP contribution in [0.5, 0.6) is 0 Å². The number of furan rings is 2. The summed E-state index contributed by atoms with van der Waals surface area (Å²) in [6.07, 6.45) is 0. The lowest BCUT2D eigenvalue weighted by Crippen LogP contribution is -1.83. The van der Waals surface area contributed by atoms with Gasteiger partial charge in [-0.15, -0.1) is 0 Å². The molecule has 0 aliphatic heterocycles. The number of rotatable bonds is 4. The van der Waals surface area contributed by atoms with Gasteiger partial charge in [-0.1, -0.05) is 121 Å². The van der Waals surface area contributed by atoms with E-state index in [1.807, 2.05) is 0 Å². The molecule has 0 aliphatic carbocycles. The highest BCUT2D eigenvalue weighted by Crippen LogP contribution is 2.44. The molecule has 0 unspecified atom stereocenters. The van der Waals surface area contributed by atoms with Crippen molar-refractivity contribution in [3.8, 4) is 44.5 Å². The average Bonchev–Trinajstić information content (AvgIpc) is 3.70. The van der Waals surface area contributed by atoms with Crippen molar-refractivity contribution in [2.75, 3.05) is 0 Å². The SMILES string of the molecule is c1ccc(-c2cc(-c3ccccc3)c3oc4cc5cc6oc7c(-c8ccccc8)cc(-c8ccccc8)cc7c6cc5cc4c3c2)cc1. The van der Waals surface area contributed by atoms with Gasteiger partial charge in [0.1, 0.15) is 22.3 Å². The van der Waals surface area contributed by atoms with Gasteiger partial charge in [0, 0.05) is 32.7 Å². The summed E-state index contributed by atoms with van der Waals surface area (Å²) >= 11 is 0. The number of hydrogen-bond acceptors (Lipinski definition) is 2. The molecular formula is C46H28O2. The Morgan fingerprint density at radius 3 is 1.02 bits per heavy atom. The lowest BCUT2D eigenvalue weighted by molar-refractivity contribution is 0.669. The second kappa shape index (κ2) is 10.6. The minimum absolute atomic E-state index is 0.867. The Bertz CT molecular complexity index is 2600. The first-order valence-corrected chi connectivity index (χ1v) is 16.3. The summed E-state index contributed by atoms with van der Waals surface area (Å²) in [4.78, 5) is 0. The predicted molar refractivity (Wildman–Crippen MR) is 200 cm³/mol. The zero-order chi connectivity index (χ0) is 31.6. The molecule has 0 radical (unpaired) electrons. The van der Waals surface area contributed by atoms with Gasteiger partial charge in [0.05, 0.1) is 0 Å². The Kier molecular flexibility index (Phi) is 5.91. The maximum atomic E-state index is 6.72. The zero-order valence-electron chi connectivity index (χ0n) is 26.0. The van der Waals surface area contributed by atoms with Crippen molar-refractivity contribution in [2.45, 2.75) is 0 Å². The molecule has 10 rings (SSSR count). The molecule has 224 valence electrons. The van der Waals surface area contributed by atoms with Crippen molar-refractivity contribution in [1.29, 1.82) is 0 Å². The molecule has 0 aliphatic rings. The van der Waals surface area contributed by atoms with Crippen LogP contribution in [0.3, 0.4) is 0 Å². The summed E-state index contributed by atoms with van der Waals surface area (Å²) < 4.78 is 13.4. The van der Waals surface area contributed by atoms with Crippen molar-refractivity contribution in [3.05, 3.63) is 170 Å². The van der Waals surface area contributed by atoms with Gasteiger partial charge in [-0.05, 0) is 92.7 Å². The molecule has 48 heavy (non-hydrogen) atoms. The average molecular weight is 613 g/mol. The number of fused-ring (bicyclic) bond motifs is 7. The molecule has 0 bridgehead atoms. The molecule has 2 heterocycles. The van der Waals surface area contributed by atoms with Crippen LogP contribution in [0.25, 0.3) is 99.2 Å². The first kappa shape index (κ1) is 26.8. The maximum absolute atomic E-state index is 6.72. The second-order valence-corrected chi connectivity index (χ2v) is 12.5. The quantitative estimate of drug-likeness (QED) is 0.198. The lowest BCUT2D eigenvalue weighted by Gasteiger charge is -2.08. The summed E-state index contributed by atoms with van der Waals surface area (Å²) in [6.45, 7) is 0. The van der Waals surface area contributed by atoms with E-state index < -0.39 is 0 Å². The first-order chi connectivity index (χ1) is 23.8. The Balaban J connectivity index is 1.25. The van der Waals surface area contributed by atoms with E-state index in [4.69, 9.17) is 8.83 Å². The molecule has 0 atom stereocenters. The number of hydrogen-bond donors (Lipinski definition) is 0. The second-order valence-electron chi connectivity index (χ2n) is 12.5. The zero-order valence-corrected chi connectivity index (χ0v) is 26.0. The highest BCUT2D eigenvalue weighted by Gasteiger charge is 2.19. The van der Waals surface area contributed by atoms with E-state index in [9.17, 15) is 0 Å². The summed E-state index contributed by atoms with van der Waals surface area (Å²) in [7, 11) is 0. The van der Waals surface area contributed by atoms with Crippen LogP contribution in [0.4, 0.5) is 0 Å². The van der Waals surface area contributed by atoms with Gasteiger partial charge in [-0.3, -0.25) is 0 Å². The van der Waals surface area contributed by atoms with Gasteiger partial charge in [0.15, 0.2) is 0 Å². The van der Waals surface area contributed by atoms with Crippen molar-refractivity contribution in [3.63, 3.8) is 0 Å². The van der Waals surface area contributed by atoms with Crippen LogP contribution in [0.15, 0.2) is 179 Å². The number of benzene rings is 8. The van der Waals surface area contributed by atoms with Gasteiger partial charge in [-0.2, -0.15) is 0 Å². The van der Waals surface area contributed by atoms with Crippen molar-refractivity contribution >= 4 is 54.6 Å². The normalized spacial score (nSPS) is 11.8. The first-order valence-electron chi connectivity index (χ1n) is 16.3. The van der Waals surface area contributed by atoms with Crippen LogP contribution in [0.1, 0.15) is 0 Å². The molecule has 10 aromatic rings. The molecule has 0 N–H and O–H groups in total. The maximum Gasteiger partial charge on any atom is 0.143 e. The van der Waals surface area contributed by atoms with E-state index in [1.165, 1.54) is 22.3 Å². The van der Waals surface area contributed by atoms with Gasteiger partial charge in [0.25, 0.3) is 0 Å². The largest absolute Gasteiger partial charge is 0.455 e. The third kappa shape index (κ3) is 4.27. The molecule has 0 fully saturated rings. The molecule has 2 nitrogen and oxygen atoms in total. The monoisotopic (exact) mass is 612 g/mol. The fourth-order valence-electron chi connectivity index (χ4n) is 7.25. The molecule has 2 aromatic heterocycles. The summed E-state index contributed by atoms with van der Waals surface area (Å²) in [5.41, 5.74) is 12.7. The lowest BCUT2D eigenvalue weighted by atomic mass is 9.94. The summed E-state index contributed by atoms with van der Waals surface area (Å²) in [5, 5.41) is 6.67. The molecule has 0 saturated heterocycles. The Morgan fingerprint density at radius 1 is 0.271 bits per heavy atom. The Morgan fingerprint density at radius 2 is 0.625 bits per heavy atom. The fraction of sp³-hybridized carbons (Fsp3) is 0. The Labute approximate surface area is 277 Å². The van der Waals surface area contributed by atoms with Crippen LogP contribution in [0.2, 0.25) is 0 Å². The molecular weight excluding hydrogens is 585 g/mol. The highest BCUT2D eigenvalue weighted by molar-refractivity contribution is 6.18. The Hall–Kier alpha value is -6.38. The van der Waals surface area contributed by atoms with Gasteiger partial charge < -0.3 is 8.83 Å². The van der Waals surface area contributed by atoms with E-state index in [1.54, 1.807) is 0 Å². The molecule has 0 saturated carbocycles. The van der Waals surface area contributed by atoms with Crippen LogP contribution in [-0.2, 0) is 0 Å². The molecule has 2 heteroatoms. The molecule has 0 spiro atoms. The van der Waals surface area contributed by atoms with E-state index in [-0.39, 0.29) is 0 Å². The molecule has 0 amide bonds. The van der Waals surface area contributed by atoms with Crippen LogP contribution in [0, 0.1) is 0 Å². The van der Waals surface area contributed by atoms with Crippen molar-refractivity contribution in [1.82, 2.24) is 0 Å². The third-order valence-electron chi connectivity index (χ3n) is 9.60. The van der Waals surface area contributed by atoms with Gasteiger partial charge in [0.2, 0.25) is 0 Å². The van der Waals surface area contributed by atoms with Crippen molar-refractivity contribution in [2.24, 2.45) is 0 Å². The van der Waals surface area contributed by atoms with Crippen LogP contribution >= 0.6 is 0 Å². The van der Waals surface area contributed by atoms with E-state index >= 15 is 0 Å². The van der Waals surface area contributed by atoms with Crippen LogP contribution < -0.4 is 0 Å². The van der Waals surface area contributed by atoms with E-state index in [0.717, 1.165) is 76.9 Å². The van der Waals surface area contributed by atoms with E-state index in [2.05, 4.69) is 170 Å². The topological polar surface area (TPSA) is 26.3 Å². The minimum atomic E-state index is 0.867. The predicted octanol–water partition coefficient (Wildman–Crippen LogP) is 13.3. The molecule has 8 aromatic carbocycles. The van der Waals surface area contributed by atoms with Gasteiger partial charge >= 0.3 is 0 Å². The van der Waals surface area contributed by atoms with Crippen LogP contribution in [-0.4, -0.2) is 0 Å². The van der Waals surface area contributed by atoms with Gasteiger partial charge in [-0.25, -0.2) is 0 Å². The summed E-state index contributed by atoms with van der Waals surface area (Å²) in [5.74, 6) is 0. The van der Waals surface area contributed by atoms with E-state index in [0.29, 0.717) is 0 Å².